The minimum absolute atomic E-state index is 0.206. The maximum absolute atomic E-state index is 14.5. The number of H-pyrrole nitrogens is 1. The first kappa shape index (κ1) is 31.7. The zero-order valence-corrected chi connectivity index (χ0v) is 27.5. The predicted octanol–water partition coefficient (Wildman–Crippen LogP) is 6.47. The van der Waals surface area contributed by atoms with Gasteiger partial charge in [0.2, 0.25) is 0 Å². The topological polar surface area (TPSA) is 119 Å². The van der Waals surface area contributed by atoms with Gasteiger partial charge in [0.15, 0.2) is 5.65 Å². The second-order valence-corrected chi connectivity index (χ2v) is 12.8. The fraction of sp³-hybridized carbons (Fsp3) is 0.250. The summed E-state index contributed by atoms with van der Waals surface area (Å²) in [6, 6.07) is 21.6. The van der Waals surface area contributed by atoms with E-state index >= 15 is 0 Å². The van der Waals surface area contributed by atoms with Gasteiger partial charge in [0.05, 0.1) is 25.1 Å². The molecule has 0 aliphatic carbocycles. The van der Waals surface area contributed by atoms with Crippen molar-refractivity contribution in [2.75, 3.05) is 12.0 Å². The van der Waals surface area contributed by atoms with E-state index in [1.807, 2.05) is 67.6 Å². The van der Waals surface area contributed by atoms with Gasteiger partial charge in [-0.05, 0) is 75.2 Å². The summed E-state index contributed by atoms with van der Waals surface area (Å²) < 4.78 is 11.8. The number of hydrogen-bond donors (Lipinski definition) is 1. The number of rotatable bonds is 6. The Bertz CT molecular complexity index is 2090. The number of aliphatic imine (C=N–C) groups is 1. The lowest BCUT2D eigenvalue weighted by atomic mass is 9.99. The molecular formula is C36H34ClN5O5. The van der Waals surface area contributed by atoms with Crippen LogP contribution in [0.1, 0.15) is 48.6 Å². The number of nitrogens with zero attached hydrogens (tertiary/aromatic N) is 4. The SMILES string of the molecule is COc1ccc(CN2C(=O)C(Cc3ccccc3Cl)N=C(c3cnc4[nH]c(=O)n(C(=O)OC(C)(C)C)c4c3)c3cc(C)ccc32)cc1. The molecule has 1 aliphatic heterocycles. The number of ether oxygens (including phenoxy) is 2. The number of nitrogens with one attached hydrogen (secondary N) is 1. The molecule has 1 unspecified atom stereocenters. The monoisotopic (exact) mass is 651 g/mol. The largest absolute Gasteiger partial charge is 0.497 e. The quantitative estimate of drug-likeness (QED) is 0.225. The number of benzodiazepines with no additional fused rings is 1. The Balaban J connectivity index is 1.53. The molecule has 10 nitrogen and oxygen atoms in total. The first-order valence-corrected chi connectivity index (χ1v) is 15.5. The van der Waals surface area contributed by atoms with Crippen LogP contribution in [0.25, 0.3) is 11.2 Å². The minimum atomic E-state index is -0.856. The molecule has 0 spiro atoms. The highest BCUT2D eigenvalue weighted by atomic mass is 35.5. The number of aromatic nitrogens is 3. The standard InChI is InChI=1S/C36H34ClN5O5/c1-21-10-15-29-26(16-21)31(24-18-30-32(38-19-24)40-34(44)42(30)35(45)47-36(2,3)4)39-28(17-23-8-6-7-9-27(23)37)33(43)41(29)20-22-11-13-25(46-5)14-12-22/h6-16,18-19,28H,17,20H2,1-5H3,(H,38,40,44). The van der Waals surface area contributed by atoms with Crippen LogP contribution in [0.15, 0.2) is 88.8 Å². The lowest BCUT2D eigenvalue weighted by Crippen LogP contribution is -2.38. The molecule has 0 saturated heterocycles. The number of benzene rings is 3. The lowest BCUT2D eigenvalue weighted by Gasteiger charge is -2.26. The molecule has 1 aliphatic rings. The van der Waals surface area contributed by atoms with Crippen LogP contribution in [0.2, 0.25) is 5.02 Å². The van der Waals surface area contributed by atoms with Gasteiger partial charge < -0.3 is 14.4 Å². The van der Waals surface area contributed by atoms with Gasteiger partial charge in [-0.25, -0.2) is 14.6 Å². The van der Waals surface area contributed by atoms with E-state index in [4.69, 9.17) is 26.1 Å². The van der Waals surface area contributed by atoms with Crippen molar-refractivity contribution in [1.82, 2.24) is 14.5 Å². The molecule has 3 heterocycles. The molecule has 2 aromatic heterocycles. The molecular weight excluding hydrogens is 618 g/mol. The summed E-state index contributed by atoms with van der Waals surface area (Å²) in [6.07, 6.45) is 0.999. The number of pyridine rings is 1. The maximum atomic E-state index is 14.5. The molecule has 1 atom stereocenters. The highest BCUT2D eigenvalue weighted by Gasteiger charge is 2.33. The molecule has 240 valence electrons. The van der Waals surface area contributed by atoms with Crippen LogP contribution >= 0.6 is 11.6 Å². The number of aromatic amines is 1. The average Bonchev–Trinajstić information content (AvgIpc) is 3.32. The smallest absolute Gasteiger partial charge is 0.423 e. The van der Waals surface area contributed by atoms with Crippen LogP contribution in [-0.4, -0.2) is 51.0 Å². The summed E-state index contributed by atoms with van der Waals surface area (Å²) in [7, 11) is 1.61. The van der Waals surface area contributed by atoms with Crippen LogP contribution in [-0.2, 0) is 22.5 Å². The molecule has 0 saturated carbocycles. The molecule has 47 heavy (non-hydrogen) atoms. The van der Waals surface area contributed by atoms with Crippen molar-refractivity contribution in [2.45, 2.75) is 52.3 Å². The zero-order chi connectivity index (χ0) is 33.5. The van der Waals surface area contributed by atoms with Crippen molar-refractivity contribution < 1.29 is 19.1 Å². The number of carbonyl (C=O) groups is 2. The van der Waals surface area contributed by atoms with Gasteiger partial charge in [-0.2, -0.15) is 4.57 Å². The second kappa shape index (κ2) is 12.5. The van der Waals surface area contributed by atoms with Gasteiger partial charge in [-0.1, -0.05) is 53.6 Å². The number of carbonyl (C=O) groups excluding carboxylic acids is 2. The van der Waals surface area contributed by atoms with Crippen molar-refractivity contribution in [2.24, 2.45) is 4.99 Å². The van der Waals surface area contributed by atoms with Crippen molar-refractivity contribution >= 4 is 46.2 Å². The summed E-state index contributed by atoms with van der Waals surface area (Å²) in [6.45, 7) is 7.42. The second-order valence-electron chi connectivity index (χ2n) is 12.4. The number of imidazole rings is 1. The van der Waals surface area contributed by atoms with Gasteiger partial charge in [-0.3, -0.25) is 14.8 Å². The lowest BCUT2D eigenvalue weighted by molar-refractivity contribution is -0.119. The molecule has 0 fully saturated rings. The minimum Gasteiger partial charge on any atom is -0.497 e. The zero-order valence-electron chi connectivity index (χ0n) is 26.7. The summed E-state index contributed by atoms with van der Waals surface area (Å²) in [4.78, 5) is 54.5. The molecule has 3 aromatic carbocycles. The number of aryl methyl sites for hydroxylation is 1. The Hall–Kier alpha value is -5.22. The Kier molecular flexibility index (Phi) is 8.46. The fourth-order valence-electron chi connectivity index (χ4n) is 5.57. The number of amides is 1. The predicted molar refractivity (Wildman–Crippen MR) is 182 cm³/mol. The first-order chi connectivity index (χ1) is 22.4. The van der Waals surface area contributed by atoms with E-state index < -0.39 is 23.4 Å². The van der Waals surface area contributed by atoms with Crippen LogP contribution in [0, 0.1) is 6.92 Å². The Morgan fingerprint density at radius 1 is 1.02 bits per heavy atom. The van der Waals surface area contributed by atoms with Crippen LogP contribution in [0.4, 0.5) is 10.5 Å². The molecule has 5 aromatic rings. The van der Waals surface area contributed by atoms with Gasteiger partial charge in [0, 0.05) is 28.8 Å². The van der Waals surface area contributed by atoms with Gasteiger partial charge >= 0.3 is 11.8 Å². The molecule has 11 heteroatoms. The Morgan fingerprint density at radius 3 is 2.47 bits per heavy atom. The van der Waals surface area contributed by atoms with E-state index in [-0.39, 0.29) is 30.0 Å². The van der Waals surface area contributed by atoms with Crippen molar-refractivity contribution in [1.29, 1.82) is 0 Å². The summed E-state index contributed by atoms with van der Waals surface area (Å²) >= 11 is 6.58. The van der Waals surface area contributed by atoms with Crippen molar-refractivity contribution in [3.63, 3.8) is 0 Å². The van der Waals surface area contributed by atoms with E-state index in [0.29, 0.717) is 33.3 Å². The average molecular weight is 652 g/mol. The van der Waals surface area contributed by atoms with Gasteiger partial charge in [0.1, 0.15) is 22.9 Å². The maximum Gasteiger partial charge on any atom is 0.423 e. The number of fused-ring (bicyclic) bond motifs is 2. The van der Waals surface area contributed by atoms with Crippen molar-refractivity contribution in [3.8, 4) is 5.75 Å². The summed E-state index contributed by atoms with van der Waals surface area (Å²) in [5.74, 6) is 0.508. The van der Waals surface area contributed by atoms with E-state index in [0.717, 1.165) is 21.3 Å². The van der Waals surface area contributed by atoms with E-state index in [2.05, 4.69) is 9.97 Å². The van der Waals surface area contributed by atoms with E-state index in [9.17, 15) is 14.4 Å². The van der Waals surface area contributed by atoms with Gasteiger partial charge in [-0.15, -0.1) is 0 Å². The third kappa shape index (κ3) is 6.55. The third-order valence-corrected chi connectivity index (χ3v) is 8.16. The van der Waals surface area contributed by atoms with E-state index in [1.165, 1.54) is 0 Å². The number of halogens is 1. The summed E-state index contributed by atoms with van der Waals surface area (Å²) in [5.41, 5.74) is 3.96. The summed E-state index contributed by atoms with van der Waals surface area (Å²) in [5, 5.41) is 0.535. The van der Waals surface area contributed by atoms with Crippen LogP contribution in [0.3, 0.4) is 0 Å². The third-order valence-electron chi connectivity index (χ3n) is 7.79. The number of hydrogen-bond acceptors (Lipinski definition) is 7. The Morgan fingerprint density at radius 2 is 1.77 bits per heavy atom. The molecule has 6 rings (SSSR count). The fourth-order valence-corrected chi connectivity index (χ4v) is 5.78. The van der Waals surface area contributed by atoms with E-state index in [1.54, 1.807) is 51.1 Å². The van der Waals surface area contributed by atoms with Crippen molar-refractivity contribution in [3.05, 3.63) is 122 Å². The molecule has 0 bridgehead atoms. The van der Waals surface area contributed by atoms with Crippen LogP contribution < -0.4 is 15.3 Å². The highest BCUT2D eigenvalue weighted by molar-refractivity contribution is 6.31. The molecule has 1 N–H and O–H groups in total. The Labute approximate surface area is 276 Å². The number of methoxy groups -OCH3 is 1. The first-order valence-electron chi connectivity index (χ1n) is 15.1. The van der Waals surface area contributed by atoms with Gasteiger partial charge in [0.25, 0.3) is 5.91 Å². The highest BCUT2D eigenvalue weighted by Crippen LogP contribution is 2.33. The molecule has 1 amide bonds. The van der Waals surface area contributed by atoms with Crippen LogP contribution in [0.5, 0.6) is 5.75 Å². The normalized spacial score (nSPS) is 14.9. The molecule has 0 radical (unpaired) electrons. The number of anilines is 1.